The molecular weight excluding hydrogens is 392 g/mol. The van der Waals surface area contributed by atoms with Crippen LogP contribution in [0.1, 0.15) is 52.6 Å². The summed E-state index contributed by atoms with van der Waals surface area (Å²) in [5, 5.41) is 8.00. The fraction of sp³-hybridized carbons (Fsp3) is 0.583. The van der Waals surface area contributed by atoms with E-state index in [-0.39, 0.29) is 5.91 Å². The maximum absolute atomic E-state index is 12.6. The second kappa shape index (κ2) is 9.83. The van der Waals surface area contributed by atoms with Crippen LogP contribution in [0.3, 0.4) is 0 Å². The Kier molecular flexibility index (Phi) is 6.92. The molecule has 0 atom stereocenters. The number of methoxy groups -OCH3 is 1. The van der Waals surface area contributed by atoms with Gasteiger partial charge in [-0.25, -0.2) is 0 Å². The summed E-state index contributed by atoms with van der Waals surface area (Å²) < 4.78 is 13.2. The van der Waals surface area contributed by atoms with Crippen LogP contribution in [0.5, 0.6) is 5.75 Å². The first-order valence-electron chi connectivity index (χ1n) is 11.4. The minimum absolute atomic E-state index is 0.0180. The monoisotopic (exact) mass is 426 g/mol. The number of carbonyl (C=O) groups is 1. The zero-order chi connectivity index (χ0) is 21.8. The number of benzene rings is 1. The molecule has 0 radical (unpaired) electrons. The minimum atomic E-state index is -0.0180. The highest BCUT2D eigenvalue weighted by Gasteiger charge is 2.25. The summed E-state index contributed by atoms with van der Waals surface area (Å²) in [6, 6.07) is 5.60. The summed E-state index contributed by atoms with van der Waals surface area (Å²) in [6.45, 7) is 10.2. The Bertz CT molecular complexity index is 916. The molecule has 2 aliphatic rings. The number of ether oxygens (including phenoxy) is 2. The van der Waals surface area contributed by atoms with Gasteiger partial charge >= 0.3 is 0 Å². The Labute approximate surface area is 184 Å². The van der Waals surface area contributed by atoms with Crippen LogP contribution < -0.4 is 10.1 Å². The second-order valence-corrected chi connectivity index (χ2v) is 8.55. The molecule has 0 unspecified atom stereocenters. The molecule has 7 heteroatoms. The summed E-state index contributed by atoms with van der Waals surface area (Å²) >= 11 is 0. The highest BCUT2D eigenvalue weighted by molar-refractivity contribution is 5.96. The van der Waals surface area contributed by atoms with E-state index in [4.69, 9.17) is 14.6 Å². The zero-order valence-electron chi connectivity index (χ0n) is 18.9. The first-order chi connectivity index (χ1) is 15.1. The van der Waals surface area contributed by atoms with E-state index in [1.54, 1.807) is 7.11 Å². The number of hydrogen-bond donors (Lipinski definition) is 1. The highest BCUT2D eigenvalue weighted by Crippen LogP contribution is 2.25. The number of rotatable bonds is 7. The maximum atomic E-state index is 12.6. The van der Waals surface area contributed by atoms with Gasteiger partial charge in [0.05, 0.1) is 26.0 Å². The summed E-state index contributed by atoms with van der Waals surface area (Å²) in [4.78, 5) is 15.1. The number of nitrogens with one attached hydrogen (secondary N) is 1. The van der Waals surface area contributed by atoms with E-state index in [1.807, 2.05) is 25.1 Å². The predicted octanol–water partition coefficient (Wildman–Crippen LogP) is 2.93. The molecule has 0 aliphatic carbocycles. The molecule has 1 aromatic carbocycles. The van der Waals surface area contributed by atoms with Gasteiger partial charge in [-0.05, 0) is 57.8 Å². The molecule has 2 aliphatic heterocycles. The van der Waals surface area contributed by atoms with Gasteiger partial charge in [0.25, 0.3) is 5.91 Å². The lowest BCUT2D eigenvalue weighted by Crippen LogP contribution is -2.38. The van der Waals surface area contributed by atoms with Crippen molar-refractivity contribution >= 4 is 5.91 Å². The molecule has 0 spiro atoms. The van der Waals surface area contributed by atoms with Gasteiger partial charge < -0.3 is 14.8 Å². The van der Waals surface area contributed by atoms with E-state index in [9.17, 15) is 4.79 Å². The number of aryl methyl sites for hydroxylation is 1. The quantitative estimate of drug-likeness (QED) is 0.737. The molecule has 1 amide bonds. The van der Waals surface area contributed by atoms with E-state index in [2.05, 4.69) is 21.8 Å². The molecule has 1 fully saturated rings. The van der Waals surface area contributed by atoms with Crippen molar-refractivity contribution in [3.05, 3.63) is 46.3 Å². The lowest BCUT2D eigenvalue weighted by Gasteiger charge is -2.31. The van der Waals surface area contributed by atoms with Crippen molar-refractivity contribution in [2.24, 2.45) is 5.92 Å². The van der Waals surface area contributed by atoms with Crippen LogP contribution in [-0.2, 0) is 30.9 Å². The van der Waals surface area contributed by atoms with E-state index in [0.29, 0.717) is 18.1 Å². The second-order valence-electron chi connectivity index (χ2n) is 8.55. The number of piperidine rings is 1. The summed E-state index contributed by atoms with van der Waals surface area (Å²) in [5.74, 6) is 1.24. The van der Waals surface area contributed by atoms with Crippen molar-refractivity contribution in [2.45, 2.75) is 52.8 Å². The summed E-state index contributed by atoms with van der Waals surface area (Å²) in [7, 11) is 1.63. The number of aromatic nitrogens is 2. The standard InChI is InChI=1S/C24H34N4O3/c1-4-28-22-10-13-31-16-20(22)21(26-28)15-27-11-8-18(9-12-27)14-25-24(29)19-6-5-7-23(30-3)17(19)2/h5-7,18H,4,8-16H2,1-3H3,(H,25,29). The third kappa shape index (κ3) is 4.77. The smallest absolute Gasteiger partial charge is 0.251 e. The predicted molar refractivity (Wildman–Crippen MR) is 119 cm³/mol. The fourth-order valence-corrected chi connectivity index (χ4v) is 4.74. The third-order valence-corrected chi connectivity index (χ3v) is 6.66. The molecule has 0 saturated carbocycles. The molecular formula is C24H34N4O3. The third-order valence-electron chi connectivity index (χ3n) is 6.66. The first-order valence-corrected chi connectivity index (χ1v) is 11.4. The van der Waals surface area contributed by atoms with Gasteiger partial charge in [0.2, 0.25) is 0 Å². The van der Waals surface area contributed by atoms with Crippen LogP contribution in [0.15, 0.2) is 18.2 Å². The molecule has 1 saturated heterocycles. The Morgan fingerprint density at radius 1 is 1.32 bits per heavy atom. The van der Waals surface area contributed by atoms with E-state index in [0.717, 1.165) is 69.9 Å². The molecule has 1 N–H and O–H groups in total. The molecule has 0 bridgehead atoms. The Balaban J connectivity index is 1.28. The highest BCUT2D eigenvalue weighted by atomic mass is 16.5. The topological polar surface area (TPSA) is 68.6 Å². The molecule has 7 nitrogen and oxygen atoms in total. The normalized spacial score (nSPS) is 17.4. The molecule has 31 heavy (non-hydrogen) atoms. The minimum Gasteiger partial charge on any atom is -0.496 e. The largest absolute Gasteiger partial charge is 0.496 e. The van der Waals surface area contributed by atoms with Gasteiger partial charge in [-0.15, -0.1) is 0 Å². The number of nitrogens with zero attached hydrogens (tertiary/aromatic N) is 3. The van der Waals surface area contributed by atoms with Crippen molar-refractivity contribution in [2.75, 3.05) is 33.4 Å². The van der Waals surface area contributed by atoms with Crippen LogP contribution in [0.25, 0.3) is 0 Å². The lowest BCUT2D eigenvalue weighted by molar-refractivity contribution is 0.0933. The van der Waals surface area contributed by atoms with Gasteiger partial charge in [-0.1, -0.05) is 6.07 Å². The number of hydrogen-bond acceptors (Lipinski definition) is 5. The van der Waals surface area contributed by atoms with Gasteiger partial charge in [0, 0.05) is 48.4 Å². The van der Waals surface area contributed by atoms with Gasteiger partial charge in [0.15, 0.2) is 0 Å². The first kappa shape index (κ1) is 21.8. The Morgan fingerprint density at radius 2 is 2.13 bits per heavy atom. The number of fused-ring (bicyclic) bond motifs is 1. The fourth-order valence-electron chi connectivity index (χ4n) is 4.74. The maximum Gasteiger partial charge on any atom is 0.251 e. The lowest BCUT2D eigenvalue weighted by atomic mass is 9.96. The van der Waals surface area contributed by atoms with Crippen molar-refractivity contribution in [1.82, 2.24) is 20.0 Å². The molecule has 4 rings (SSSR count). The van der Waals surface area contributed by atoms with E-state index in [1.165, 1.54) is 17.0 Å². The van der Waals surface area contributed by atoms with E-state index < -0.39 is 0 Å². The van der Waals surface area contributed by atoms with Crippen LogP contribution in [0.2, 0.25) is 0 Å². The average Bonchev–Trinajstić information content (AvgIpc) is 3.16. The van der Waals surface area contributed by atoms with Crippen LogP contribution in [-0.4, -0.2) is 53.9 Å². The molecule has 2 aromatic rings. The van der Waals surface area contributed by atoms with Gasteiger partial charge in [-0.3, -0.25) is 14.4 Å². The number of carbonyl (C=O) groups excluding carboxylic acids is 1. The average molecular weight is 427 g/mol. The zero-order valence-corrected chi connectivity index (χ0v) is 18.9. The van der Waals surface area contributed by atoms with Crippen molar-refractivity contribution in [3.63, 3.8) is 0 Å². The molecule has 1 aromatic heterocycles. The Hall–Kier alpha value is -2.38. The van der Waals surface area contributed by atoms with E-state index >= 15 is 0 Å². The van der Waals surface area contributed by atoms with Gasteiger partial charge in [-0.2, -0.15) is 5.10 Å². The molecule has 3 heterocycles. The summed E-state index contributed by atoms with van der Waals surface area (Å²) in [5.41, 5.74) is 5.41. The SMILES string of the molecule is CCn1nc(CN2CCC(CNC(=O)c3cccc(OC)c3C)CC2)c2c1CCOC2. The van der Waals surface area contributed by atoms with Crippen molar-refractivity contribution in [3.8, 4) is 5.75 Å². The van der Waals surface area contributed by atoms with Crippen LogP contribution >= 0.6 is 0 Å². The van der Waals surface area contributed by atoms with Crippen molar-refractivity contribution in [1.29, 1.82) is 0 Å². The molecule has 168 valence electrons. The number of likely N-dealkylation sites (tertiary alicyclic amines) is 1. The van der Waals surface area contributed by atoms with Gasteiger partial charge in [0.1, 0.15) is 5.75 Å². The number of amides is 1. The van der Waals surface area contributed by atoms with Crippen LogP contribution in [0.4, 0.5) is 0 Å². The van der Waals surface area contributed by atoms with Crippen molar-refractivity contribution < 1.29 is 14.3 Å². The Morgan fingerprint density at radius 3 is 2.87 bits per heavy atom. The van der Waals surface area contributed by atoms with Crippen LogP contribution in [0, 0.1) is 12.8 Å². The summed E-state index contributed by atoms with van der Waals surface area (Å²) in [6.07, 6.45) is 3.14.